The molecule has 0 fully saturated rings. The second-order valence-corrected chi connectivity index (χ2v) is 4.49. The summed E-state index contributed by atoms with van der Waals surface area (Å²) in [6, 6.07) is 4.57. The Hall–Kier alpha value is -2.15. The standard InChI is InChI=1S/C12H11BrN2O4/c1-7-2-3-8(13)6-9(7)14-12(19)15-10(16)4-5-11(17)18/h2-6H,1H3,(H,17,18)(H2,14,15,16,19)/b5-4+. The van der Waals surface area contributed by atoms with E-state index in [0.717, 1.165) is 16.1 Å². The van der Waals surface area contributed by atoms with Crippen LogP contribution in [0, 0.1) is 6.92 Å². The number of nitrogens with one attached hydrogen (secondary N) is 2. The number of benzene rings is 1. The third kappa shape index (κ3) is 5.35. The summed E-state index contributed by atoms with van der Waals surface area (Å²) in [5.74, 6) is -2.08. The van der Waals surface area contributed by atoms with Crippen LogP contribution in [-0.4, -0.2) is 23.0 Å². The predicted molar refractivity (Wildman–Crippen MR) is 72.8 cm³/mol. The molecule has 0 aliphatic carbocycles. The van der Waals surface area contributed by atoms with Crippen LogP contribution in [0.5, 0.6) is 0 Å². The first-order valence-electron chi connectivity index (χ1n) is 5.17. The Morgan fingerprint density at radius 3 is 2.58 bits per heavy atom. The molecule has 3 N–H and O–H groups in total. The minimum atomic E-state index is -1.27. The zero-order valence-electron chi connectivity index (χ0n) is 9.94. The number of rotatable bonds is 3. The molecule has 0 bridgehead atoms. The van der Waals surface area contributed by atoms with Crippen molar-refractivity contribution in [3.63, 3.8) is 0 Å². The quantitative estimate of drug-likeness (QED) is 0.741. The van der Waals surface area contributed by atoms with E-state index >= 15 is 0 Å². The summed E-state index contributed by atoms with van der Waals surface area (Å²) >= 11 is 3.26. The van der Waals surface area contributed by atoms with Crippen LogP contribution < -0.4 is 10.6 Å². The molecule has 1 aromatic rings. The van der Waals surface area contributed by atoms with Crippen molar-refractivity contribution in [3.8, 4) is 0 Å². The molecule has 19 heavy (non-hydrogen) atoms. The lowest BCUT2D eigenvalue weighted by molar-refractivity contribution is -0.131. The number of aryl methyl sites for hydroxylation is 1. The molecule has 7 heteroatoms. The highest BCUT2D eigenvalue weighted by atomic mass is 79.9. The molecule has 0 aromatic heterocycles. The highest BCUT2D eigenvalue weighted by Crippen LogP contribution is 2.20. The Labute approximate surface area is 117 Å². The topological polar surface area (TPSA) is 95.5 Å². The maximum Gasteiger partial charge on any atom is 0.328 e. The SMILES string of the molecule is Cc1ccc(Br)cc1NC(=O)NC(=O)/C=C/C(=O)O. The maximum absolute atomic E-state index is 11.5. The summed E-state index contributed by atoms with van der Waals surface area (Å²) in [4.78, 5) is 32.9. The number of hydrogen-bond acceptors (Lipinski definition) is 3. The third-order valence-corrected chi connectivity index (χ3v) is 2.56. The van der Waals surface area contributed by atoms with Crippen LogP contribution in [0.2, 0.25) is 0 Å². The zero-order chi connectivity index (χ0) is 14.4. The van der Waals surface area contributed by atoms with Gasteiger partial charge in [0.15, 0.2) is 0 Å². The van der Waals surface area contributed by atoms with E-state index < -0.39 is 17.9 Å². The van der Waals surface area contributed by atoms with E-state index in [9.17, 15) is 14.4 Å². The number of urea groups is 1. The van der Waals surface area contributed by atoms with E-state index in [-0.39, 0.29) is 0 Å². The molecule has 0 radical (unpaired) electrons. The number of hydrogen-bond donors (Lipinski definition) is 3. The first-order chi connectivity index (χ1) is 8.88. The van der Waals surface area contributed by atoms with Gasteiger partial charge in [0, 0.05) is 22.3 Å². The van der Waals surface area contributed by atoms with Gasteiger partial charge in [-0.15, -0.1) is 0 Å². The average molecular weight is 327 g/mol. The molecular formula is C12H11BrN2O4. The Morgan fingerprint density at radius 1 is 1.26 bits per heavy atom. The van der Waals surface area contributed by atoms with E-state index in [1.165, 1.54) is 0 Å². The second-order valence-electron chi connectivity index (χ2n) is 3.57. The van der Waals surface area contributed by atoms with Crippen molar-refractivity contribution in [3.05, 3.63) is 40.4 Å². The molecule has 0 aliphatic heterocycles. The van der Waals surface area contributed by atoms with Gasteiger partial charge in [-0.25, -0.2) is 9.59 Å². The van der Waals surface area contributed by atoms with Crippen LogP contribution in [0.4, 0.5) is 10.5 Å². The van der Waals surface area contributed by atoms with Crippen molar-refractivity contribution >= 4 is 39.5 Å². The van der Waals surface area contributed by atoms with Crippen molar-refractivity contribution in [1.82, 2.24) is 5.32 Å². The number of carboxylic acid groups (broad SMARTS) is 1. The molecule has 0 atom stereocenters. The molecule has 0 heterocycles. The van der Waals surface area contributed by atoms with Crippen LogP contribution >= 0.6 is 15.9 Å². The molecule has 1 aromatic carbocycles. The number of carbonyl (C=O) groups excluding carboxylic acids is 2. The van der Waals surface area contributed by atoms with E-state index in [1.54, 1.807) is 19.1 Å². The second kappa shape index (κ2) is 6.69. The van der Waals surface area contributed by atoms with Gasteiger partial charge in [0.25, 0.3) is 5.91 Å². The fraction of sp³-hybridized carbons (Fsp3) is 0.0833. The van der Waals surface area contributed by atoms with Crippen molar-refractivity contribution < 1.29 is 19.5 Å². The minimum absolute atomic E-state index is 0.543. The van der Waals surface area contributed by atoms with Crippen LogP contribution in [0.1, 0.15) is 5.56 Å². The number of aliphatic carboxylic acids is 1. The molecule has 0 unspecified atom stereocenters. The van der Waals surface area contributed by atoms with Crippen molar-refractivity contribution in [2.24, 2.45) is 0 Å². The van der Waals surface area contributed by atoms with Gasteiger partial charge >= 0.3 is 12.0 Å². The van der Waals surface area contributed by atoms with E-state index in [1.807, 2.05) is 11.4 Å². The molecule has 1 rings (SSSR count). The van der Waals surface area contributed by atoms with Gasteiger partial charge in [0.2, 0.25) is 0 Å². The Kier molecular flexibility index (Phi) is 5.25. The van der Waals surface area contributed by atoms with Gasteiger partial charge in [-0.3, -0.25) is 10.1 Å². The van der Waals surface area contributed by atoms with Gasteiger partial charge in [-0.1, -0.05) is 22.0 Å². The van der Waals surface area contributed by atoms with Crippen molar-refractivity contribution in [2.75, 3.05) is 5.32 Å². The average Bonchev–Trinajstić information content (AvgIpc) is 2.31. The lowest BCUT2D eigenvalue weighted by atomic mass is 10.2. The van der Waals surface area contributed by atoms with Crippen molar-refractivity contribution in [2.45, 2.75) is 6.92 Å². The van der Waals surface area contributed by atoms with Gasteiger partial charge in [-0.05, 0) is 24.6 Å². The molecule has 0 spiro atoms. The highest BCUT2D eigenvalue weighted by molar-refractivity contribution is 9.10. The molecular weight excluding hydrogens is 316 g/mol. The smallest absolute Gasteiger partial charge is 0.328 e. The summed E-state index contributed by atoms with van der Waals surface area (Å²) in [5.41, 5.74) is 1.37. The van der Waals surface area contributed by atoms with Gasteiger partial charge < -0.3 is 10.4 Å². The number of halogens is 1. The Morgan fingerprint density at radius 2 is 1.95 bits per heavy atom. The number of imide groups is 1. The van der Waals surface area contributed by atoms with Gasteiger partial charge in [0.05, 0.1) is 0 Å². The molecule has 0 aliphatic rings. The van der Waals surface area contributed by atoms with E-state index in [4.69, 9.17) is 5.11 Å². The first-order valence-corrected chi connectivity index (χ1v) is 5.97. The third-order valence-electron chi connectivity index (χ3n) is 2.06. The summed E-state index contributed by atoms with van der Waals surface area (Å²) in [6.45, 7) is 1.80. The van der Waals surface area contributed by atoms with Gasteiger partial charge in [-0.2, -0.15) is 0 Å². The maximum atomic E-state index is 11.5. The lowest BCUT2D eigenvalue weighted by Gasteiger charge is -2.08. The number of carbonyl (C=O) groups is 3. The highest BCUT2D eigenvalue weighted by Gasteiger charge is 2.07. The Balaban J connectivity index is 2.63. The summed E-state index contributed by atoms with van der Waals surface area (Å²) in [5, 5.41) is 12.8. The molecule has 100 valence electrons. The minimum Gasteiger partial charge on any atom is -0.478 e. The molecule has 0 saturated carbocycles. The normalized spacial score (nSPS) is 10.2. The summed E-state index contributed by atoms with van der Waals surface area (Å²) in [6.07, 6.45) is 1.41. The van der Waals surface area contributed by atoms with E-state index in [0.29, 0.717) is 11.8 Å². The predicted octanol–water partition coefficient (Wildman–Crippen LogP) is 2.05. The monoisotopic (exact) mass is 326 g/mol. The Bertz CT molecular complexity index is 555. The molecule has 3 amide bonds. The van der Waals surface area contributed by atoms with Gasteiger partial charge in [0.1, 0.15) is 0 Å². The number of carboxylic acids is 1. The molecule has 0 saturated heterocycles. The van der Waals surface area contributed by atoms with Crippen LogP contribution in [-0.2, 0) is 9.59 Å². The number of amides is 3. The zero-order valence-corrected chi connectivity index (χ0v) is 11.5. The molecule has 6 nitrogen and oxygen atoms in total. The fourth-order valence-electron chi connectivity index (χ4n) is 1.18. The fourth-order valence-corrected chi connectivity index (χ4v) is 1.54. The first kappa shape index (κ1) is 14.9. The lowest BCUT2D eigenvalue weighted by Crippen LogP contribution is -2.33. The van der Waals surface area contributed by atoms with Crippen molar-refractivity contribution in [1.29, 1.82) is 0 Å². The van der Waals surface area contributed by atoms with Crippen LogP contribution in [0.15, 0.2) is 34.8 Å². The summed E-state index contributed by atoms with van der Waals surface area (Å²) in [7, 11) is 0. The van der Waals surface area contributed by atoms with E-state index in [2.05, 4.69) is 21.2 Å². The summed E-state index contributed by atoms with van der Waals surface area (Å²) < 4.78 is 0.783. The largest absolute Gasteiger partial charge is 0.478 e. The van der Waals surface area contributed by atoms with Crippen LogP contribution in [0.3, 0.4) is 0 Å². The van der Waals surface area contributed by atoms with Crippen LogP contribution in [0.25, 0.3) is 0 Å². The number of anilines is 1.